The number of hydrogen-bond acceptors (Lipinski definition) is 4. The minimum atomic E-state index is 0.228. The number of H-pyrrole nitrogens is 1. The Morgan fingerprint density at radius 1 is 1.35 bits per heavy atom. The lowest BCUT2D eigenvalue weighted by Crippen LogP contribution is -2.39. The molecule has 1 saturated carbocycles. The minimum Gasteiger partial charge on any atom is -0.339 e. The molecule has 0 amide bonds. The molecule has 2 heterocycles. The molecular weight excluding hydrogens is 250 g/mol. The van der Waals surface area contributed by atoms with Gasteiger partial charge in [-0.15, -0.1) is 5.10 Å². The molecule has 0 radical (unpaired) electrons. The van der Waals surface area contributed by atoms with Gasteiger partial charge in [-0.25, -0.2) is 0 Å². The van der Waals surface area contributed by atoms with Gasteiger partial charge < -0.3 is 10.2 Å². The van der Waals surface area contributed by atoms with Crippen LogP contribution >= 0.6 is 0 Å². The van der Waals surface area contributed by atoms with Gasteiger partial charge in [0.15, 0.2) is 0 Å². The van der Waals surface area contributed by atoms with Crippen LogP contribution in [0, 0.1) is 5.92 Å². The van der Waals surface area contributed by atoms with E-state index >= 15 is 0 Å². The van der Waals surface area contributed by atoms with Crippen molar-refractivity contribution in [3.63, 3.8) is 0 Å². The standard InChI is InChI=1S/C15H27N5/c1-15(7-3-4-8-15)13-17-14(19-18-13)20-9-5-6-12(11-20)10-16-2/h12,16H,3-11H2,1-2H3,(H,17,18,19). The second-order valence-corrected chi connectivity index (χ2v) is 6.76. The van der Waals surface area contributed by atoms with Gasteiger partial charge in [-0.3, -0.25) is 5.10 Å². The van der Waals surface area contributed by atoms with Gasteiger partial charge in [-0.1, -0.05) is 19.8 Å². The zero-order chi connectivity index (χ0) is 14.0. The predicted octanol–water partition coefficient (Wildman–Crippen LogP) is 2.07. The molecule has 1 unspecified atom stereocenters. The summed E-state index contributed by atoms with van der Waals surface area (Å²) in [5.74, 6) is 2.73. The number of nitrogens with zero attached hydrogens (tertiary/aromatic N) is 3. The first-order valence-electron chi connectivity index (χ1n) is 8.04. The van der Waals surface area contributed by atoms with Gasteiger partial charge in [0.1, 0.15) is 5.82 Å². The highest BCUT2D eigenvalue weighted by atomic mass is 15.4. The number of hydrogen-bond donors (Lipinski definition) is 2. The molecule has 1 aromatic heterocycles. The van der Waals surface area contributed by atoms with E-state index in [0.717, 1.165) is 37.3 Å². The molecule has 3 rings (SSSR count). The van der Waals surface area contributed by atoms with Crippen LogP contribution in [0.25, 0.3) is 0 Å². The maximum atomic E-state index is 4.82. The van der Waals surface area contributed by atoms with Gasteiger partial charge in [0.2, 0.25) is 5.95 Å². The predicted molar refractivity (Wildman–Crippen MR) is 81.1 cm³/mol. The van der Waals surface area contributed by atoms with Crippen molar-refractivity contribution in [3.05, 3.63) is 5.82 Å². The maximum Gasteiger partial charge on any atom is 0.244 e. The van der Waals surface area contributed by atoms with Crippen LogP contribution in [0.5, 0.6) is 0 Å². The van der Waals surface area contributed by atoms with Gasteiger partial charge in [0.25, 0.3) is 0 Å². The average Bonchev–Trinajstić information content (AvgIpc) is 3.09. The van der Waals surface area contributed by atoms with Gasteiger partial charge in [-0.2, -0.15) is 4.98 Å². The van der Waals surface area contributed by atoms with Gasteiger partial charge in [0.05, 0.1) is 0 Å². The molecule has 1 aromatic rings. The molecule has 1 aliphatic heterocycles. The Labute approximate surface area is 121 Å². The number of piperidine rings is 1. The van der Waals surface area contributed by atoms with Crippen molar-refractivity contribution >= 4 is 5.95 Å². The van der Waals surface area contributed by atoms with E-state index in [-0.39, 0.29) is 5.41 Å². The summed E-state index contributed by atoms with van der Waals surface area (Å²) in [7, 11) is 2.03. The van der Waals surface area contributed by atoms with Crippen molar-refractivity contribution in [3.8, 4) is 0 Å². The average molecular weight is 277 g/mol. The molecular formula is C15H27N5. The summed E-state index contributed by atoms with van der Waals surface area (Å²) in [5, 5.41) is 11.0. The molecule has 5 heteroatoms. The lowest BCUT2D eigenvalue weighted by atomic mass is 9.88. The van der Waals surface area contributed by atoms with Gasteiger partial charge in [0, 0.05) is 18.5 Å². The fraction of sp³-hybridized carbons (Fsp3) is 0.867. The third-order valence-electron chi connectivity index (χ3n) is 5.05. The highest BCUT2D eigenvalue weighted by Gasteiger charge is 2.34. The van der Waals surface area contributed by atoms with E-state index in [1.165, 1.54) is 38.5 Å². The summed E-state index contributed by atoms with van der Waals surface area (Å²) in [5.41, 5.74) is 0.228. The van der Waals surface area contributed by atoms with Crippen LogP contribution in [-0.2, 0) is 5.41 Å². The lowest BCUT2D eigenvalue weighted by Gasteiger charge is -2.31. The molecule has 1 aliphatic carbocycles. The van der Waals surface area contributed by atoms with Gasteiger partial charge in [-0.05, 0) is 45.2 Å². The topological polar surface area (TPSA) is 56.8 Å². The van der Waals surface area contributed by atoms with Crippen LogP contribution in [-0.4, -0.2) is 41.9 Å². The SMILES string of the molecule is CNCC1CCCN(c2n[nH]c(C3(C)CCCC3)n2)C1. The molecule has 2 fully saturated rings. The second kappa shape index (κ2) is 5.72. The van der Waals surface area contributed by atoms with Crippen molar-refractivity contribution in [2.24, 2.45) is 5.92 Å². The zero-order valence-electron chi connectivity index (χ0n) is 12.8. The Hall–Kier alpha value is -1.10. The first kappa shape index (κ1) is 13.9. The molecule has 1 atom stereocenters. The Morgan fingerprint density at radius 2 is 2.15 bits per heavy atom. The van der Waals surface area contributed by atoms with E-state index in [2.05, 4.69) is 27.3 Å². The first-order chi connectivity index (χ1) is 9.71. The highest BCUT2D eigenvalue weighted by molar-refractivity contribution is 5.31. The molecule has 2 N–H and O–H groups in total. The smallest absolute Gasteiger partial charge is 0.244 e. The normalized spacial score (nSPS) is 26.1. The van der Waals surface area contributed by atoms with Crippen LogP contribution in [0.2, 0.25) is 0 Å². The van der Waals surface area contributed by atoms with E-state index in [1.54, 1.807) is 0 Å². The van der Waals surface area contributed by atoms with E-state index in [1.807, 2.05) is 7.05 Å². The molecule has 0 aromatic carbocycles. The summed E-state index contributed by atoms with van der Waals surface area (Å²) in [4.78, 5) is 7.17. The number of nitrogens with one attached hydrogen (secondary N) is 2. The van der Waals surface area contributed by atoms with Crippen LogP contribution in [0.15, 0.2) is 0 Å². The van der Waals surface area contributed by atoms with E-state index in [4.69, 9.17) is 4.98 Å². The molecule has 2 aliphatic rings. The molecule has 20 heavy (non-hydrogen) atoms. The molecule has 112 valence electrons. The summed E-state index contributed by atoms with van der Waals surface area (Å²) in [6.45, 7) is 5.58. The molecule has 1 saturated heterocycles. The zero-order valence-corrected chi connectivity index (χ0v) is 12.8. The third-order valence-corrected chi connectivity index (χ3v) is 5.05. The minimum absolute atomic E-state index is 0.228. The van der Waals surface area contributed by atoms with E-state index in [9.17, 15) is 0 Å². The Bertz CT molecular complexity index is 433. The fourth-order valence-corrected chi connectivity index (χ4v) is 3.76. The number of aromatic amines is 1. The summed E-state index contributed by atoms with van der Waals surface area (Å²) >= 11 is 0. The van der Waals surface area contributed by atoms with E-state index < -0.39 is 0 Å². The molecule has 0 bridgehead atoms. The summed E-state index contributed by atoms with van der Waals surface area (Å²) < 4.78 is 0. The number of rotatable bonds is 4. The van der Waals surface area contributed by atoms with Crippen molar-refractivity contribution < 1.29 is 0 Å². The van der Waals surface area contributed by atoms with Crippen molar-refractivity contribution in [1.82, 2.24) is 20.5 Å². The first-order valence-corrected chi connectivity index (χ1v) is 8.04. The van der Waals surface area contributed by atoms with Crippen LogP contribution < -0.4 is 10.2 Å². The monoisotopic (exact) mass is 277 g/mol. The second-order valence-electron chi connectivity index (χ2n) is 6.76. The molecule has 5 nitrogen and oxygen atoms in total. The van der Waals surface area contributed by atoms with Crippen LogP contribution in [0.1, 0.15) is 51.3 Å². The van der Waals surface area contributed by atoms with Crippen LogP contribution in [0.4, 0.5) is 5.95 Å². The Balaban J connectivity index is 1.70. The van der Waals surface area contributed by atoms with Crippen molar-refractivity contribution in [1.29, 1.82) is 0 Å². The van der Waals surface area contributed by atoms with Crippen molar-refractivity contribution in [2.75, 3.05) is 31.6 Å². The highest BCUT2D eigenvalue weighted by Crippen LogP contribution is 2.39. The summed E-state index contributed by atoms with van der Waals surface area (Å²) in [6, 6.07) is 0. The van der Waals surface area contributed by atoms with Crippen molar-refractivity contribution in [2.45, 2.75) is 50.9 Å². The third kappa shape index (κ3) is 2.68. The summed E-state index contributed by atoms with van der Waals surface area (Å²) in [6.07, 6.45) is 7.68. The largest absolute Gasteiger partial charge is 0.339 e. The Morgan fingerprint density at radius 3 is 2.90 bits per heavy atom. The number of aromatic nitrogens is 3. The lowest BCUT2D eigenvalue weighted by molar-refractivity contribution is 0.399. The van der Waals surface area contributed by atoms with E-state index in [0.29, 0.717) is 0 Å². The molecule has 0 spiro atoms. The maximum absolute atomic E-state index is 4.82. The number of anilines is 1. The fourth-order valence-electron chi connectivity index (χ4n) is 3.76. The Kier molecular flexibility index (Phi) is 3.96. The quantitative estimate of drug-likeness (QED) is 0.884. The van der Waals surface area contributed by atoms with Gasteiger partial charge >= 0.3 is 0 Å². The van der Waals surface area contributed by atoms with Crippen LogP contribution in [0.3, 0.4) is 0 Å².